The minimum atomic E-state index is 0.464. The van der Waals surface area contributed by atoms with Gasteiger partial charge in [-0.3, -0.25) is 0 Å². The molecule has 3 nitrogen and oxygen atoms in total. The van der Waals surface area contributed by atoms with Crippen molar-refractivity contribution in [1.82, 2.24) is 0 Å². The molecule has 3 heteroatoms. The van der Waals surface area contributed by atoms with E-state index < -0.39 is 0 Å². The van der Waals surface area contributed by atoms with Crippen molar-refractivity contribution < 1.29 is 4.74 Å². The van der Waals surface area contributed by atoms with Crippen LogP contribution in [0.1, 0.15) is 37.7 Å². The van der Waals surface area contributed by atoms with Crippen molar-refractivity contribution in [1.29, 1.82) is 5.26 Å². The van der Waals surface area contributed by atoms with Gasteiger partial charge < -0.3 is 10.1 Å². The molecule has 18 heavy (non-hydrogen) atoms. The molecule has 0 heterocycles. The van der Waals surface area contributed by atoms with E-state index in [1.165, 1.54) is 32.1 Å². The zero-order valence-electron chi connectivity index (χ0n) is 10.7. The molecule has 0 radical (unpaired) electrons. The lowest BCUT2D eigenvalue weighted by Crippen LogP contribution is -2.20. The van der Waals surface area contributed by atoms with Gasteiger partial charge in [0.25, 0.3) is 0 Å². The normalized spacial score (nSPS) is 16.2. The third-order valence-electron chi connectivity index (χ3n) is 3.33. The number of nitrogens with zero attached hydrogens (tertiary/aromatic N) is 1. The summed E-state index contributed by atoms with van der Waals surface area (Å²) >= 11 is 0. The Bertz CT molecular complexity index is 405. The molecule has 0 amide bonds. The van der Waals surface area contributed by atoms with Crippen LogP contribution < -0.4 is 5.32 Å². The van der Waals surface area contributed by atoms with Crippen molar-refractivity contribution in [3.05, 3.63) is 29.8 Å². The summed E-state index contributed by atoms with van der Waals surface area (Å²) in [4.78, 5) is 0. The summed E-state index contributed by atoms with van der Waals surface area (Å²) in [5, 5.41) is 12.1. The molecule has 1 aromatic carbocycles. The number of benzene rings is 1. The fourth-order valence-electron chi connectivity index (χ4n) is 2.35. The van der Waals surface area contributed by atoms with Crippen molar-refractivity contribution in [3.63, 3.8) is 0 Å². The predicted octanol–water partition coefficient (Wildman–Crippen LogP) is 3.32. The highest BCUT2D eigenvalue weighted by Gasteiger charge is 2.12. The molecule has 96 valence electrons. The summed E-state index contributed by atoms with van der Waals surface area (Å²) < 4.78 is 5.83. The molecule has 0 saturated heterocycles. The van der Waals surface area contributed by atoms with Gasteiger partial charge in [0.15, 0.2) is 0 Å². The van der Waals surface area contributed by atoms with Crippen LogP contribution in [0.2, 0.25) is 0 Å². The topological polar surface area (TPSA) is 45.0 Å². The molecule has 1 aromatic rings. The first-order valence-corrected chi connectivity index (χ1v) is 6.74. The van der Waals surface area contributed by atoms with Crippen LogP contribution in [0.3, 0.4) is 0 Å². The highest BCUT2D eigenvalue weighted by atomic mass is 16.5. The van der Waals surface area contributed by atoms with E-state index in [1.54, 1.807) is 0 Å². The minimum absolute atomic E-state index is 0.464. The van der Waals surface area contributed by atoms with Crippen LogP contribution in [0.15, 0.2) is 24.3 Å². The second kappa shape index (κ2) is 7.03. The first-order chi connectivity index (χ1) is 8.88. The Morgan fingerprint density at radius 1 is 1.28 bits per heavy atom. The van der Waals surface area contributed by atoms with E-state index in [-0.39, 0.29) is 0 Å². The summed E-state index contributed by atoms with van der Waals surface area (Å²) in [6.45, 7) is 1.53. The molecule has 2 rings (SSSR count). The van der Waals surface area contributed by atoms with Crippen molar-refractivity contribution in [2.24, 2.45) is 0 Å². The van der Waals surface area contributed by atoms with Gasteiger partial charge in [-0.05, 0) is 31.0 Å². The average molecular weight is 244 g/mol. The number of nitrogens with one attached hydrogen (secondary N) is 1. The van der Waals surface area contributed by atoms with Crippen molar-refractivity contribution in [2.75, 3.05) is 18.5 Å². The standard InChI is InChI=1S/C15H20N2O/c16-12-13-5-4-6-14(11-13)17-9-10-18-15-7-2-1-3-8-15/h4-6,11,15,17H,1-3,7-10H2. The van der Waals surface area contributed by atoms with Crippen LogP contribution in [0.4, 0.5) is 5.69 Å². The van der Waals surface area contributed by atoms with E-state index in [9.17, 15) is 0 Å². The lowest BCUT2D eigenvalue weighted by atomic mass is 9.98. The highest BCUT2D eigenvalue weighted by Crippen LogP contribution is 2.20. The second-order valence-electron chi connectivity index (χ2n) is 4.75. The van der Waals surface area contributed by atoms with E-state index >= 15 is 0 Å². The lowest BCUT2D eigenvalue weighted by Gasteiger charge is -2.22. The van der Waals surface area contributed by atoms with Gasteiger partial charge in [0.1, 0.15) is 0 Å². The van der Waals surface area contributed by atoms with Gasteiger partial charge in [0.05, 0.1) is 24.3 Å². The average Bonchev–Trinajstić information content (AvgIpc) is 2.45. The molecule has 0 spiro atoms. The quantitative estimate of drug-likeness (QED) is 0.808. The van der Waals surface area contributed by atoms with E-state index in [0.717, 1.165) is 18.8 Å². The fourth-order valence-corrected chi connectivity index (χ4v) is 2.35. The van der Waals surface area contributed by atoms with E-state index in [0.29, 0.717) is 11.7 Å². The maximum atomic E-state index is 8.80. The fraction of sp³-hybridized carbons (Fsp3) is 0.533. The molecule has 1 aliphatic carbocycles. The zero-order chi connectivity index (χ0) is 12.6. The molecule has 1 N–H and O–H groups in total. The largest absolute Gasteiger partial charge is 0.383 e. The lowest BCUT2D eigenvalue weighted by molar-refractivity contribution is 0.0347. The van der Waals surface area contributed by atoms with Gasteiger partial charge in [-0.1, -0.05) is 25.3 Å². The first-order valence-electron chi connectivity index (χ1n) is 6.74. The molecule has 0 aliphatic heterocycles. The third-order valence-corrected chi connectivity index (χ3v) is 3.33. The Balaban J connectivity index is 1.67. The van der Waals surface area contributed by atoms with E-state index in [2.05, 4.69) is 11.4 Å². The number of rotatable bonds is 5. The molecule has 1 fully saturated rings. The van der Waals surface area contributed by atoms with E-state index in [1.807, 2.05) is 24.3 Å². The summed E-state index contributed by atoms with van der Waals surface area (Å²) in [6, 6.07) is 9.67. The molecule has 0 unspecified atom stereocenters. The summed E-state index contributed by atoms with van der Waals surface area (Å²) in [7, 11) is 0. The summed E-state index contributed by atoms with van der Waals surface area (Å²) in [5.74, 6) is 0. The smallest absolute Gasteiger partial charge is 0.0992 e. The maximum absolute atomic E-state index is 8.80. The van der Waals surface area contributed by atoms with E-state index in [4.69, 9.17) is 10.00 Å². The zero-order valence-corrected chi connectivity index (χ0v) is 10.7. The van der Waals surface area contributed by atoms with Gasteiger partial charge >= 0.3 is 0 Å². The van der Waals surface area contributed by atoms with Crippen LogP contribution in [0.5, 0.6) is 0 Å². The number of hydrogen-bond donors (Lipinski definition) is 1. The Morgan fingerprint density at radius 3 is 2.89 bits per heavy atom. The van der Waals surface area contributed by atoms with Crippen LogP contribution >= 0.6 is 0 Å². The SMILES string of the molecule is N#Cc1cccc(NCCOC2CCCCC2)c1. The molecular formula is C15H20N2O. The summed E-state index contributed by atoms with van der Waals surface area (Å²) in [6.07, 6.45) is 6.86. The van der Waals surface area contributed by atoms with Crippen molar-refractivity contribution in [2.45, 2.75) is 38.2 Å². The summed E-state index contributed by atoms with van der Waals surface area (Å²) in [5.41, 5.74) is 1.68. The molecule has 1 saturated carbocycles. The molecule has 1 aliphatic rings. The molecule has 0 aromatic heterocycles. The Morgan fingerprint density at radius 2 is 2.11 bits per heavy atom. The Kier molecular flexibility index (Phi) is 5.04. The van der Waals surface area contributed by atoms with Crippen molar-refractivity contribution in [3.8, 4) is 6.07 Å². The van der Waals surface area contributed by atoms with Gasteiger partial charge in [-0.15, -0.1) is 0 Å². The van der Waals surface area contributed by atoms with Crippen LogP contribution in [-0.2, 0) is 4.74 Å². The molecule has 0 atom stereocenters. The number of ether oxygens (including phenoxy) is 1. The van der Waals surface area contributed by atoms with Gasteiger partial charge in [0.2, 0.25) is 0 Å². The molecular weight excluding hydrogens is 224 g/mol. The highest BCUT2D eigenvalue weighted by molar-refractivity contribution is 5.48. The monoisotopic (exact) mass is 244 g/mol. The van der Waals surface area contributed by atoms with Gasteiger partial charge in [0, 0.05) is 12.2 Å². The van der Waals surface area contributed by atoms with Gasteiger partial charge in [-0.2, -0.15) is 5.26 Å². The number of hydrogen-bond acceptors (Lipinski definition) is 3. The maximum Gasteiger partial charge on any atom is 0.0992 e. The predicted molar refractivity (Wildman–Crippen MR) is 72.5 cm³/mol. The Hall–Kier alpha value is -1.53. The second-order valence-corrected chi connectivity index (χ2v) is 4.75. The molecule has 0 bridgehead atoms. The van der Waals surface area contributed by atoms with Gasteiger partial charge in [-0.25, -0.2) is 0 Å². The minimum Gasteiger partial charge on any atom is -0.383 e. The van der Waals surface area contributed by atoms with Crippen LogP contribution in [0, 0.1) is 11.3 Å². The number of nitriles is 1. The number of anilines is 1. The van der Waals surface area contributed by atoms with Crippen molar-refractivity contribution >= 4 is 5.69 Å². The van der Waals surface area contributed by atoms with Crippen LogP contribution in [0.25, 0.3) is 0 Å². The Labute approximate surface area is 109 Å². The first kappa shape index (κ1) is 12.9. The van der Waals surface area contributed by atoms with Crippen LogP contribution in [-0.4, -0.2) is 19.3 Å². The third kappa shape index (κ3) is 4.05.